The number of aromatic nitrogens is 3. The van der Waals surface area contributed by atoms with Gasteiger partial charge in [0.2, 0.25) is 11.8 Å². The monoisotopic (exact) mass is 460 g/mol. The van der Waals surface area contributed by atoms with Gasteiger partial charge in [-0.1, -0.05) is 0 Å². The molecule has 9 nitrogen and oxygen atoms in total. The van der Waals surface area contributed by atoms with Crippen molar-refractivity contribution < 1.29 is 27.5 Å². The van der Waals surface area contributed by atoms with Gasteiger partial charge in [-0.25, -0.2) is 15.0 Å². The van der Waals surface area contributed by atoms with Crippen LogP contribution in [-0.2, 0) is 11.0 Å². The van der Waals surface area contributed by atoms with E-state index in [1.54, 1.807) is 24.3 Å². The molecular formula is C21H19F3N6O3. The lowest BCUT2D eigenvalue weighted by molar-refractivity contribution is -0.137. The van der Waals surface area contributed by atoms with Crippen molar-refractivity contribution >= 4 is 17.6 Å². The number of anilines is 1. The Bertz CT molecular complexity index is 1130. The number of nitrogens with zero attached hydrogens (tertiary/aromatic N) is 3. The molecule has 1 fully saturated rings. The quantitative estimate of drug-likeness (QED) is 0.542. The van der Waals surface area contributed by atoms with Crippen molar-refractivity contribution in [3.8, 4) is 23.0 Å². The first-order valence-electron chi connectivity index (χ1n) is 9.64. The van der Waals surface area contributed by atoms with Gasteiger partial charge >= 0.3 is 6.18 Å². The molecule has 33 heavy (non-hydrogen) atoms. The fourth-order valence-corrected chi connectivity index (χ4v) is 2.69. The second-order valence-electron chi connectivity index (χ2n) is 6.83. The van der Waals surface area contributed by atoms with Crippen molar-refractivity contribution in [3.05, 3.63) is 59.9 Å². The van der Waals surface area contributed by atoms with Gasteiger partial charge in [0.25, 0.3) is 5.91 Å². The third-order valence-electron chi connectivity index (χ3n) is 4.30. The molecule has 0 radical (unpaired) electrons. The molecule has 2 amide bonds. The Morgan fingerprint density at radius 3 is 2.30 bits per heavy atom. The number of halogens is 3. The van der Waals surface area contributed by atoms with Crippen LogP contribution in [-0.4, -0.2) is 33.3 Å². The van der Waals surface area contributed by atoms with Crippen LogP contribution < -0.4 is 21.5 Å². The summed E-state index contributed by atoms with van der Waals surface area (Å²) in [4.78, 5) is 33.1. The Balaban J connectivity index is 0.000000442. The molecule has 5 N–H and O–H groups in total. The molecule has 0 bridgehead atoms. The van der Waals surface area contributed by atoms with Gasteiger partial charge in [-0.05, 0) is 36.8 Å². The number of hydrogen-bond donors (Lipinski definition) is 3. The van der Waals surface area contributed by atoms with E-state index in [0.717, 1.165) is 31.5 Å². The van der Waals surface area contributed by atoms with Crippen molar-refractivity contribution in [2.45, 2.75) is 19.0 Å². The Hall–Kier alpha value is -4.22. The van der Waals surface area contributed by atoms with Crippen LogP contribution in [0.4, 0.5) is 19.0 Å². The van der Waals surface area contributed by atoms with Crippen molar-refractivity contribution in [1.29, 1.82) is 0 Å². The molecule has 3 aromatic rings. The van der Waals surface area contributed by atoms with Crippen LogP contribution >= 0.6 is 0 Å². The number of benzene rings is 1. The molecule has 1 aromatic carbocycles. The number of rotatable bonds is 4. The van der Waals surface area contributed by atoms with Crippen LogP contribution in [0, 0.1) is 0 Å². The lowest BCUT2D eigenvalue weighted by Crippen LogP contribution is -2.14. The van der Waals surface area contributed by atoms with Crippen LogP contribution in [0.2, 0.25) is 0 Å². The maximum absolute atomic E-state index is 12.5. The van der Waals surface area contributed by atoms with E-state index >= 15 is 0 Å². The second-order valence-corrected chi connectivity index (χ2v) is 6.83. The van der Waals surface area contributed by atoms with E-state index < -0.39 is 17.6 Å². The van der Waals surface area contributed by atoms with Gasteiger partial charge in [-0.15, -0.1) is 0 Å². The third-order valence-corrected chi connectivity index (χ3v) is 4.30. The topological polar surface area (TPSA) is 146 Å². The smallest absolute Gasteiger partial charge is 0.417 e. The van der Waals surface area contributed by atoms with Gasteiger partial charge in [-0.3, -0.25) is 9.59 Å². The average Bonchev–Trinajstić information content (AvgIpc) is 3.25. The van der Waals surface area contributed by atoms with Crippen molar-refractivity contribution in [2.75, 3.05) is 12.3 Å². The average molecular weight is 460 g/mol. The number of nitrogens with two attached hydrogens (primary N) is 2. The summed E-state index contributed by atoms with van der Waals surface area (Å²) in [6.07, 6.45) is -2.01. The number of ether oxygens (including phenoxy) is 1. The SMILES string of the molecule is NC(=O)c1cc(N)nc(-c2ccc(Oc3ccc(C(F)(F)F)cn3)cc2)n1.O=C1CCCN1. The van der Waals surface area contributed by atoms with Crippen molar-refractivity contribution in [3.63, 3.8) is 0 Å². The predicted molar refractivity (Wildman–Crippen MR) is 112 cm³/mol. The van der Waals surface area contributed by atoms with E-state index in [1.807, 2.05) is 0 Å². The summed E-state index contributed by atoms with van der Waals surface area (Å²) in [6, 6.07) is 9.55. The number of hydrogen-bond acceptors (Lipinski definition) is 7. The molecular weight excluding hydrogens is 441 g/mol. The van der Waals surface area contributed by atoms with Crippen LogP contribution in [0.3, 0.4) is 0 Å². The van der Waals surface area contributed by atoms with Crippen molar-refractivity contribution in [1.82, 2.24) is 20.3 Å². The summed E-state index contributed by atoms with van der Waals surface area (Å²) < 4.78 is 43.0. The first-order valence-corrected chi connectivity index (χ1v) is 9.64. The summed E-state index contributed by atoms with van der Waals surface area (Å²) in [5.41, 5.74) is 10.5. The molecule has 172 valence electrons. The van der Waals surface area contributed by atoms with Crippen LogP contribution in [0.5, 0.6) is 11.6 Å². The molecule has 0 unspecified atom stereocenters. The minimum Gasteiger partial charge on any atom is -0.439 e. The maximum atomic E-state index is 12.5. The molecule has 1 aliphatic heterocycles. The Labute approximate surface area is 186 Å². The molecule has 0 aliphatic carbocycles. The van der Waals surface area contributed by atoms with Gasteiger partial charge in [-0.2, -0.15) is 13.2 Å². The van der Waals surface area contributed by atoms with Gasteiger partial charge in [0.1, 0.15) is 17.3 Å². The molecule has 3 heterocycles. The highest BCUT2D eigenvalue weighted by Crippen LogP contribution is 2.30. The summed E-state index contributed by atoms with van der Waals surface area (Å²) in [5.74, 6) is 0.0942. The highest BCUT2D eigenvalue weighted by molar-refractivity contribution is 5.91. The normalized spacial score (nSPS) is 13.0. The standard InChI is InChI=1S/C17H12F3N5O2.C4H7NO/c18-17(19,20)10-3-6-14(23-8-10)27-11-4-1-9(2-5-11)16-24-12(15(22)26)7-13(21)25-16;6-4-2-1-3-5-4/h1-8H,(H2,22,26)(H2,21,24,25);1-3H2,(H,5,6). The molecule has 0 atom stereocenters. The zero-order valence-corrected chi connectivity index (χ0v) is 17.1. The van der Waals surface area contributed by atoms with E-state index in [9.17, 15) is 22.8 Å². The van der Waals surface area contributed by atoms with Crippen LogP contribution in [0.25, 0.3) is 11.4 Å². The summed E-state index contributed by atoms with van der Waals surface area (Å²) in [5, 5.41) is 2.68. The number of carbonyl (C=O) groups is 2. The predicted octanol–water partition coefficient (Wildman–Crippen LogP) is 2.93. The number of nitrogens with one attached hydrogen (secondary N) is 1. The Morgan fingerprint density at radius 1 is 1.09 bits per heavy atom. The van der Waals surface area contributed by atoms with Crippen LogP contribution in [0.15, 0.2) is 48.7 Å². The van der Waals surface area contributed by atoms with Crippen molar-refractivity contribution in [2.24, 2.45) is 5.73 Å². The fourth-order valence-electron chi connectivity index (χ4n) is 2.69. The first-order chi connectivity index (χ1) is 15.6. The molecule has 1 saturated heterocycles. The fraction of sp³-hybridized carbons (Fsp3) is 0.190. The maximum Gasteiger partial charge on any atom is 0.417 e. The van der Waals surface area contributed by atoms with Gasteiger partial charge in [0.05, 0.1) is 5.56 Å². The lowest BCUT2D eigenvalue weighted by Gasteiger charge is -2.08. The zero-order valence-electron chi connectivity index (χ0n) is 17.1. The summed E-state index contributed by atoms with van der Waals surface area (Å²) in [7, 11) is 0. The largest absolute Gasteiger partial charge is 0.439 e. The third kappa shape index (κ3) is 6.63. The van der Waals surface area contributed by atoms with E-state index in [-0.39, 0.29) is 29.1 Å². The molecule has 0 saturated carbocycles. The van der Waals surface area contributed by atoms with E-state index in [1.165, 1.54) is 6.07 Å². The number of primary amides is 1. The lowest BCUT2D eigenvalue weighted by atomic mass is 10.2. The van der Waals surface area contributed by atoms with E-state index in [2.05, 4.69) is 20.3 Å². The minimum absolute atomic E-state index is 0.00645. The number of carbonyl (C=O) groups excluding carboxylic acids is 2. The molecule has 0 spiro atoms. The number of alkyl halides is 3. The van der Waals surface area contributed by atoms with Gasteiger partial charge in [0, 0.05) is 36.9 Å². The van der Waals surface area contributed by atoms with Gasteiger partial charge in [0.15, 0.2) is 5.82 Å². The number of amides is 2. The Morgan fingerprint density at radius 2 is 1.82 bits per heavy atom. The Kier molecular flexibility index (Phi) is 7.06. The van der Waals surface area contributed by atoms with E-state index in [0.29, 0.717) is 17.5 Å². The van der Waals surface area contributed by atoms with E-state index in [4.69, 9.17) is 16.2 Å². The molecule has 12 heteroatoms. The minimum atomic E-state index is -4.46. The van der Waals surface area contributed by atoms with Crippen LogP contribution in [0.1, 0.15) is 28.9 Å². The zero-order chi connectivity index (χ0) is 24.0. The second kappa shape index (κ2) is 9.94. The molecule has 4 rings (SSSR count). The number of nitrogen functional groups attached to an aromatic ring is 1. The highest BCUT2D eigenvalue weighted by Gasteiger charge is 2.30. The summed E-state index contributed by atoms with van der Waals surface area (Å²) in [6.45, 7) is 0.888. The molecule has 1 aliphatic rings. The summed E-state index contributed by atoms with van der Waals surface area (Å²) >= 11 is 0. The highest BCUT2D eigenvalue weighted by atomic mass is 19.4. The number of pyridine rings is 1. The molecule has 2 aromatic heterocycles. The first kappa shape index (κ1) is 23.4. The van der Waals surface area contributed by atoms with Gasteiger partial charge < -0.3 is 21.5 Å².